The SMILES string of the molecule is COc1ccc(S(=O)(=O)Nc2ccncc2)c(CCN)c1. The lowest BCUT2D eigenvalue weighted by Gasteiger charge is -2.13. The Labute approximate surface area is 124 Å². The highest BCUT2D eigenvalue weighted by Gasteiger charge is 2.19. The topological polar surface area (TPSA) is 94.3 Å². The average Bonchev–Trinajstić information content (AvgIpc) is 2.48. The molecule has 1 heterocycles. The van der Waals surface area contributed by atoms with Gasteiger partial charge in [0.2, 0.25) is 0 Å². The van der Waals surface area contributed by atoms with Gasteiger partial charge in [0.25, 0.3) is 10.0 Å². The maximum atomic E-state index is 12.5. The van der Waals surface area contributed by atoms with Crippen LogP contribution < -0.4 is 15.2 Å². The summed E-state index contributed by atoms with van der Waals surface area (Å²) in [6.45, 7) is 0.352. The lowest BCUT2D eigenvalue weighted by molar-refractivity contribution is 0.414. The van der Waals surface area contributed by atoms with E-state index >= 15 is 0 Å². The van der Waals surface area contributed by atoms with Gasteiger partial charge in [-0.2, -0.15) is 0 Å². The van der Waals surface area contributed by atoms with E-state index in [1.807, 2.05) is 0 Å². The molecule has 0 bridgehead atoms. The molecule has 0 amide bonds. The van der Waals surface area contributed by atoms with Gasteiger partial charge in [0.05, 0.1) is 17.7 Å². The molecule has 0 aliphatic carbocycles. The van der Waals surface area contributed by atoms with Crippen LogP contribution in [0.5, 0.6) is 5.75 Å². The first-order valence-electron chi connectivity index (χ1n) is 6.36. The van der Waals surface area contributed by atoms with Crippen LogP contribution in [0.2, 0.25) is 0 Å². The minimum Gasteiger partial charge on any atom is -0.497 e. The Hall–Kier alpha value is -2.12. The molecule has 0 radical (unpaired) electrons. The summed E-state index contributed by atoms with van der Waals surface area (Å²) in [5.41, 5.74) is 6.63. The van der Waals surface area contributed by atoms with Crippen molar-refractivity contribution in [2.24, 2.45) is 5.73 Å². The van der Waals surface area contributed by atoms with Crippen molar-refractivity contribution >= 4 is 15.7 Å². The first kappa shape index (κ1) is 15.3. The van der Waals surface area contributed by atoms with Gasteiger partial charge in [-0.3, -0.25) is 9.71 Å². The van der Waals surface area contributed by atoms with Gasteiger partial charge in [0, 0.05) is 12.4 Å². The molecule has 0 aliphatic heterocycles. The molecule has 0 saturated heterocycles. The molecule has 6 nitrogen and oxygen atoms in total. The summed E-state index contributed by atoms with van der Waals surface area (Å²) in [5, 5.41) is 0. The number of ether oxygens (including phenoxy) is 1. The predicted molar refractivity (Wildman–Crippen MR) is 80.8 cm³/mol. The fourth-order valence-corrected chi connectivity index (χ4v) is 3.24. The molecule has 1 aromatic carbocycles. The zero-order valence-corrected chi connectivity index (χ0v) is 12.4. The van der Waals surface area contributed by atoms with Gasteiger partial charge < -0.3 is 10.5 Å². The summed E-state index contributed by atoms with van der Waals surface area (Å²) >= 11 is 0. The molecule has 2 aromatic rings. The quantitative estimate of drug-likeness (QED) is 0.841. The number of benzene rings is 1. The number of rotatable bonds is 6. The number of nitrogens with two attached hydrogens (primary N) is 1. The highest BCUT2D eigenvalue weighted by Crippen LogP contribution is 2.24. The van der Waals surface area contributed by atoms with Crippen LogP contribution >= 0.6 is 0 Å². The third kappa shape index (κ3) is 3.71. The second kappa shape index (κ2) is 6.55. The van der Waals surface area contributed by atoms with Crippen LogP contribution in [0.1, 0.15) is 5.56 Å². The summed E-state index contributed by atoms with van der Waals surface area (Å²) in [5.74, 6) is 0.598. The van der Waals surface area contributed by atoms with E-state index in [9.17, 15) is 8.42 Å². The molecule has 0 atom stereocenters. The van der Waals surface area contributed by atoms with Crippen molar-refractivity contribution in [1.29, 1.82) is 0 Å². The molecule has 3 N–H and O–H groups in total. The Morgan fingerprint density at radius 2 is 1.95 bits per heavy atom. The Bertz CT molecular complexity index is 703. The summed E-state index contributed by atoms with van der Waals surface area (Å²) in [7, 11) is -2.15. The van der Waals surface area contributed by atoms with E-state index in [0.717, 1.165) is 0 Å². The van der Waals surface area contributed by atoms with E-state index in [1.54, 1.807) is 24.3 Å². The van der Waals surface area contributed by atoms with Crippen molar-refractivity contribution in [3.63, 3.8) is 0 Å². The molecule has 0 fully saturated rings. The Morgan fingerprint density at radius 1 is 1.24 bits per heavy atom. The van der Waals surface area contributed by atoms with Gasteiger partial charge in [-0.1, -0.05) is 0 Å². The molecule has 2 rings (SSSR count). The Balaban J connectivity index is 2.39. The monoisotopic (exact) mass is 307 g/mol. The molecule has 0 aliphatic rings. The Morgan fingerprint density at radius 3 is 2.57 bits per heavy atom. The number of anilines is 1. The minimum absolute atomic E-state index is 0.200. The lowest BCUT2D eigenvalue weighted by atomic mass is 10.1. The number of aromatic nitrogens is 1. The second-order valence-corrected chi connectivity index (χ2v) is 6.00. The van der Waals surface area contributed by atoms with E-state index in [1.165, 1.54) is 25.6 Å². The number of nitrogens with one attached hydrogen (secondary N) is 1. The van der Waals surface area contributed by atoms with Crippen LogP contribution in [-0.2, 0) is 16.4 Å². The summed E-state index contributed by atoms with van der Waals surface area (Å²) < 4.78 is 32.6. The van der Waals surface area contributed by atoms with Crippen molar-refractivity contribution in [3.05, 3.63) is 48.3 Å². The molecular formula is C14H17N3O3S. The largest absolute Gasteiger partial charge is 0.497 e. The predicted octanol–water partition coefficient (Wildman–Crippen LogP) is 1.39. The van der Waals surface area contributed by atoms with Crippen LogP contribution in [0.4, 0.5) is 5.69 Å². The summed E-state index contributed by atoms with van der Waals surface area (Å²) in [6.07, 6.45) is 3.49. The smallest absolute Gasteiger partial charge is 0.262 e. The Kier molecular flexibility index (Phi) is 4.77. The summed E-state index contributed by atoms with van der Waals surface area (Å²) in [6, 6.07) is 8.00. The van der Waals surface area contributed by atoms with Crippen molar-refractivity contribution in [3.8, 4) is 5.75 Å². The molecule has 112 valence electrons. The molecule has 7 heteroatoms. The van der Waals surface area contributed by atoms with Gasteiger partial charge in [-0.05, 0) is 48.9 Å². The zero-order valence-electron chi connectivity index (χ0n) is 11.6. The standard InChI is InChI=1S/C14H17N3O3S/c1-20-13-2-3-14(11(10-13)4-7-15)21(18,19)17-12-5-8-16-9-6-12/h2-3,5-6,8-10H,4,7,15H2,1H3,(H,16,17). The second-order valence-electron chi connectivity index (χ2n) is 4.35. The van der Waals surface area contributed by atoms with Crippen molar-refractivity contribution in [2.45, 2.75) is 11.3 Å². The number of methoxy groups -OCH3 is 1. The maximum absolute atomic E-state index is 12.5. The summed E-state index contributed by atoms with van der Waals surface area (Å²) in [4.78, 5) is 4.05. The first-order valence-corrected chi connectivity index (χ1v) is 7.85. The highest BCUT2D eigenvalue weighted by atomic mass is 32.2. The van der Waals surface area contributed by atoms with Crippen LogP contribution in [-0.4, -0.2) is 27.1 Å². The third-order valence-corrected chi connectivity index (χ3v) is 4.39. The fraction of sp³-hybridized carbons (Fsp3) is 0.214. The zero-order chi connectivity index (χ0) is 15.3. The molecule has 0 unspecified atom stereocenters. The van der Waals surface area contributed by atoms with Crippen molar-refractivity contribution < 1.29 is 13.2 Å². The van der Waals surface area contributed by atoms with Crippen LogP contribution in [0.15, 0.2) is 47.6 Å². The van der Waals surface area contributed by atoms with E-state index in [-0.39, 0.29) is 4.90 Å². The lowest BCUT2D eigenvalue weighted by Crippen LogP contribution is -2.16. The van der Waals surface area contributed by atoms with Crippen LogP contribution in [0.25, 0.3) is 0 Å². The molecule has 21 heavy (non-hydrogen) atoms. The van der Waals surface area contributed by atoms with E-state index in [0.29, 0.717) is 30.0 Å². The highest BCUT2D eigenvalue weighted by molar-refractivity contribution is 7.92. The number of hydrogen-bond donors (Lipinski definition) is 2. The van der Waals surface area contributed by atoms with Gasteiger partial charge in [0.1, 0.15) is 5.75 Å². The fourth-order valence-electron chi connectivity index (χ4n) is 1.93. The average molecular weight is 307 g/mol. The van der Waals surface area contributed by atoms with Crippen LogP contribution in [0.3, 0.4) is 0 Å². The first-order chi connectivity index (χ1) is 10.1. The number of hydrogen-bond acceptors (Lipinski definition) is 5. The van der Waals surface area contributed by atoms with E-state index < -0.39 is 10.0 Å². The van der Waals surface area contributed by atoms with Crippen molar-refractivity contribution in [2.75, 3.05) is 18.4 Å². The number of pyridine rings is 1. The van der Waals surface area contributed by atoms with E-state index in [2.05, 4.69) is 9.71 Å². The number of sulfonamides is 1. The van der Waals surface area contributed by atoms with Crippen LogP contribution in [0, 0.1) is 0 Å². The van der Waals surface area contributed by atoms with Gasteiger partial charge in [0.15, 0.2) is 0 Å². The normalized spacial score (nSPS) is 11.1. The molecule has 0 saturated carbocycles. The molecule has 1 aromatic heterocycles. The van der Waals surface area contributed by atoms with Gasteiger partial charge in [-0.25, -0.2) is 8.42 Å². The van der Waals surface area contributed by atoms with E-state index in [4.69, 9.17) is 10.5 Å². The molecular weight excluding hydrogens is 290 g/mol. The number of nitrogens with zero attached hydrogens (tertiary/aromatic N) is 1. The van der Waals surface area contributed by atoms with Crippen molar-refractivity contribution in [1.82, 2.24) is 4.98 Å². The minimum atomic E-state index is -3.68. The van der Waals surface area contributed by atoms with Gasteiger partial charge in [-0.15, -0.1) is 0 Å². The van der Waals surface area contributed by atoms with Gasteiger partial charge >= 0.3 is 0 Å². The molecule has 0 spiro atoms. The maximum Gasteiger partial charge on any atom is 0.262 e. The third-order valence-electron chi connectivity index (χ3n) is 2.90.